The zero-order chi connectivity index (χ0) is 26.9. The van der Waals surface area contributed by atoms with E-state index in [1.807, 2.05) is 6.92 Å². The molecule has 4 aliphatic carbocycles. The van der Waals surface area contributed by atoms with E-state index >= 15 is 0 Å². The zero-order valence-corrected chi connectivity index (χ0v) is 17.8. The number of allylic oxidation sites excluding steroid dienone is 2. The molecule has 0 amide bonds. The van der Waals surface area contributed by atoms with E-state index in [9.17, 15) is 11.0 Å². The van der Waals surface area contributed by atoms with Crippen molar-refractivity contribution in [3.63, 3.8) is 0 Å². The summed E-state index contributed by atoms with van der Waals surface area (Å²) in [5, 5.41) is 3.57. The van der Waals surface area contributed by atoms with Crippen LogP contribution >= 0.6 is 0 Å². The number of rotatable bonds is 3. The van der Waals surface area contributed by atoms with Gasteiger partial charge in [0.2, 0.25) is 0 Å². The third-order valence-electron chi connectivity index (χ3n) is 7.68. The molecule has 0 radical (unpaired) electrons. The Kier molecular flexibility index (Phi) is 3.89. The van der Waals surface area contributed by atoms with Crippen molar-refractivity contribution in [2.45, 2.75) is 84.1 Å². The fraction of sp³-hybridized carbons (Fsp3) is 0.720. The van der Waals surface area contributed by atoms with Crippen LogP contribution in [0.3, 0.4) is 0 Å². The number of terminal acetylenes is 1. The largest absolute Gasteiger partial charge is 0.445 e. The van der Waals surface area contributed by atoms with E-state index < -0.39 is 65.7 Å². The van der Waals surface area contributed by atoms with Crippen LogP contribution in [0.15, 0.2) is 16.8 Å². The Bertz CT molecular complexity index is 1100. The number of hydrogen-bond donors (Lipinski definition) is 0. The third-order valence-corrected chi connectivity index (χ3v) is 7.68. The van der Waals surface area contributed by atoms with Crippen LogP contribution in [0.5, 0.6) is 0 Å². The van der Waals surface area contributed by atoms with E-state index in [0.29, 0.717) is 32.1 Å². The van der Waals surface area contributed by atoms with E-state index in [4.69, 9.17) is 18.0 Å². The Morgan fingerprint density at radius 1 is 1.27 bits per heavy atom. The number of nitrogens with zero attached hydrogens (tertiary/aromatic N) is 1. The quantitative estimate of drug-likeness (QED) is 0.286. The summed E-state index contributed by atoms with van der Waals surface area (Å²) in [6.45, 7) is 4.45. The van der Waals surface area contributed by atoms with Crippen molar-refractivity contribution >= 4 is 17.7 Å². The molecule has 0 heterocycles. The first-order chi connectivity index (χ1) is 16.6. The average molecular weight is 418 g/mol. The zero-order valence-electron chi connectivity index (χ0n) is 23.8. The number of carbonyl (C=O) groups excluding carboxylic acids is 2. The number of oxime groups is 1. The van der Waals surface area contributed by atoms with Crippen molar-refractivity contribution < 1.29 is 27.4 Å². The maximum absolute atomic E-state index is 12.0. The van der Waals surface area contributed by atoms with Crippen molar-refractivity contribution in [1.82, 2.24) is 0 Å². The van der Waals surface area contributed by atoms with Gasteiger partial charge in [-0.25, -0.2) is 4.79 Å². The second kappa shape index (κ2) is 7.87. The molecule has 0 spiro atoms. The van der Waals surface area contributed by atoms with Gasteiger partial charge < -0.3 is 9.57 Å². The van der Waals surface area contributed by atoms with Crippen molar-refractivity contribution in [2.75, 3.05) is 0 Å². The molecule has 162 valence electrons. The predicted octanol–water partition coefficient (Wildman–Crippen LogP) is 4.80. The first-order valence-electron chi connectivity index (χ1n) is 13.8. The highest BCUT2D eigenvalue weighted by molar-refractivity contribution is 5.96. The highest BCUT2D eigenvalue weighted by Gasteiger charge is 2.65. The predicted molar refractivity (Wildman–Crippen MR) is 114 cm³/mol. The van der Waals surface area contributed by atoms with Gasteiger partial charge in [0, 0.05) is 26.1 Å². The van der Waals surface area contributed by atoms with E-state index in [0.717, 1.165) is 6.92 Å². The van der Waals surface area contributed by atoms with E-state index in [-0.39, 0.29) is 23.8 Å². The molecule has 0 N–H and O–H groups in total. The summed E-state index contributed by atoms with van der Waals surface area (Å²) in [5.41, 5.74) is -2.20. The maximum atomic E-state index is 12.0. The van der Waals surface area contributed by atoms with Crippen LogP contribution in [0, 0.1) is 41.4 Å². The van der Waals surface area contributed by atoms with Crippen molar-refractivity contribution in [2.24, 2.45) is 34.2 Å². The van der Waals surface area contributed by atoms with E-state index in [1.54, 1.807) is 0 Å². The first kappa shape index (κ1) is 14.8. The summed E-state index contributed by atoms with van der Waals surface area (Å²) in [6, 6.07) is -0.498. The van der Waals surface area contributed by atoms with E-state index in [2.05, 4.69) is 15.9 Å². The normalized spacial score (nSPS) is 50.1. The Balaban J connectivity index is 1.84. The van der Waals surface area contributed by atoms with Crippen LogP contribution in [0.4, 0.5) is 0 Å². The van der Waals surface area contributed by atoms with Crippen molar-refractivity contribution in [1.29, 1.82) is 0 Å². The molecule has 0 aromatic rings. The number of ether oxygens (including phenoxy) is 1. The summed E-state index contributed by atoms with van der Waals surface area (Å²) in [4.78, 5) is 28.0. The monoisotopic (exact) mass is 417 g/mol. The second-order valence-electron chi connectivity index (χ2n) is 8.81. The van der Waals surface area contributed by atoms with E-state index in [1.165, 1.54) is 6.92 Å². The fourth-order valence-corrected chi connectivity index (χ4v) is 6.56. The smallest absolute Gasteiger partial charge is 0.331 e. The molecular formula is C25H33NO4. The molecule has 5 nitrogen and oxygen atoms in total. The van der Waals surface area contributed by atoms with Gasteiger partial charge in [-0.15, -0.1) is 6.42 Å². The van der Waals surface area contributed by atoms with Crippen molar-refractivity contribution in [3.05, 3.63) is 11.6 Å². The standard InChI is InChI=1S/C25H33NO4/c1-5-24-13-11-21-20-10-8-19(26-30-17(4)28)15-18(20)7-9-22(21)23(24)12-14-25(24,6-2)29-16(3)27/h2,15,20-23H,5,7-14H2,1,3-4H3/t20-,21?,22?,23?,24-,25-/m0/s1/i7D2,8D2,15D,20D. The van der Waals surface area contributed by atoms with Crippen LogP contribution < -0.4 is 0 Å². The van der Waals surface area contributed by atoms with Gasteiger partial charge in [-0.2, -0.15) is 0 Å². The fourth-order valence-electron chi connectivity index (χ4n) is 6.56. The molecule has 0 aliphatic heterocycles. The van der Waals surface area contributed by atoms with Gasteiger partial charge in [-0.3, -0.25) is 4.79 Å². The highest BCUT2D eigenvalue weighted by Crippen LogP contribution is 2.67. The molecule has 3 fully saturated rings. The van der Waals surface area contributed by atoms with Gasteiger partial charge in [-0.05, 0) is 87.4 Å². The lowest BCUT2D eigenvalue weighted by molar-refractivity contribution is -0.170. The summed E-state index contributed by atoms with van der Waals surface area (Å²) >= 11 is 0. The number of esters is 1. The lowest BCUT2D eigenvalue weighted by Gasteiger charge is -2.56. The minimum atomic E-state index is -2.26. The Labute approximate surface area is 188 Å². The molecule has 3 unspecified atom stereocenters. The minimum absolute atomic E-state index is 0.0486. The third kappa shape index (κ3) is 3.20. The molecule has 4 aliphatic rings. The van der Waals surface area contributed by atoms with Gasteiger partial charge in [0.25, 0.3) is 0 Å². The molecular weight excluding hydrogens is 378 g/mol. The van der Waals surface area contributed by atoms with Crippen LogP contribution in [-0.4, -0.2) is 23.3 Å². The molecule has 3 saturated carbocycles. The van der Waals surface area contributed by atoms with Gasteiger partial charge in [-0.1, -0.05) is 23.6 Å². The highest BCUT2D eigenvalue weighted by atomic mass is 16.7. The molecule has 0 aromatic heterocycles. The number of hydrogen-bond acceptors (Lipinski definition) is 5. The summed E-state index contributed by atoms with van der Waals surface area (Å²) < 4.78 is 59.2. The van der Waals surface area contributed by atoms with Crippen LogP contribution in [0.2, 0.25) is 0 Å². The van der Waals surface area contributed by atoms with Crippen LogP contribution in [-0.2, 0) is 19.2 Å². The van der Waals surface area contributed by atoms with Gasteiger partial charge in [0.1, 0.15) is 0 Å². The topological polar surface area (TPSA) is 65.0 Å². The van der Waals surface area contributed by atoms with Crippen molar-refractivity contribution in [3.8, 4) is 12.3 Å². The Morgan fingerprint density at radius 2 is 2.07 bits per heavy atom. The number of fused-ring (bicyclic) bond motifs is 5. The maximum Gasteiger partial charge on any atom is 0.331 e. The average Bonchev–Trinajstić information content (AvgIpc) is 3.06. The lowest BCUT2D eigenvalue weighted by atomic mass is 9.49. The Morgan fingerprint density at radius 3 is 2.73 bits per heavy atom. The molecule has 5 heteroatoms. The minimum Gasteiger partial charge on any atom is -0.445 e. The van der Waals surface area contributed by atoms with Crippen LogP contribution in [0.1, 0.15) is 86.7 Å². The molecule has 0 bridgehead atoms. The summed E-state index contributed by atoms with van der Waals surface area (Å²) in [6.07, 6.45) is 4.07. The molecule has 0 aromatic carbocycles. The van der Waals surface area contributed by atoms with Gasteiger partial charge in [0.05, 0.1) is 7.08 Å². The van der Waals surface area contributed by atoms with Gasteiger partial charge in [0.15, 0.2) is 5.60 Å². The molecule has 30 heavy (non-hydrogen) atoms. The SMILES string of the molecule is [2H]C1=C2C([2H])([2H])CC3C4CC[C@](C#C)(OC(C)=O)[C@@]4(CC)CCC3[C@@]2([2H])CC([2H])([2H])C1=NOC(C)=O. The molecule has 4 rings (SSSR count). The molecule has 6 atom stereocenters. The summed E-state index contributed by atoms with van der Waals surface area (Å²) in [7, 11) is 0. The number of carbonyl (C=O) groups is 2. The second-order valence-corrected chi connectivity index (χ2v) is 8.81. The molecule has 0 saturated heterocycles. The Hall–Kier alpha value is -2.09. The summed E-state index contributed by atoms with van der Waals surface area (Å²) in [5.74, 6) is -0.923. The van der Waals surface area contributed by atoms with Gasteiger partial charge >= 0.3 is 11.9 Å². The lowest BCUT2D eigenvalue weighted by Crippen LogP contribution is -2.55. The van der Waals surface area contributed by atoms with Crippen LogP contribution in [0.25, 0.3) is 0 Å². The first-order valence-corrected chi connectivity index (χ1v) is 10.8.